The van der Waals surface area contributed by atoms with Crippen LogP contribution in [0.1, 0.15) is 31.2 Å². The van der Waals surface area contributed by atoms with Gasteiger partial charge in [0, 0.05) is 23.6 Å². The van der Waals surface area contributed by atoms with Crippen LogP contribution in [0.3, 0.4) is 0 Å². The first-order chi connectivity index (χ1) is 8.13. The van der Waals surface area contributed by atoms with Crippen LogP contribution in [0, 0.1) is 11.6 Å². The van der Waals surface area contributed by atoms with E-state index in [1.54, 1.807) is 0 Å². The summed E-state index contributed by atoms with van der Waals surface area (Å²) in [4.78, 5) is 0. The van der Waals surface area contributed by atoms with Gasteiger partial charge in [0.05, 0.1) is 7.11 Å². The van der Waals surface area contributed by atoms with Gasteiger partial charge in [-0.05, 0) is 18.9 Å². The SMILES string of the molecule is COc1c(F)cc(F)cc1C1(CN)CCCC1. The van der Waals surface area contributed by atoms with Crippen LogP contribution in [0.2, 0.25) is 0 Å². The molecular formula is C13H17F2NO. The Morgan fingerprint density at radius 3 is 2.47 bits per heavy atom. The number of hydrogen-bond donors (Lipinski definition) is 1. The highest BCUT2D eigenvalue weighted by molar-refractivity contribution is 5.42. The van der Waals surface area contributed by atoms with Crippen LogP contribution in [0.15, 0.2) is 12.1 Å². The molecule has 2 N–H and O–H groups in total. The molecule has 1 saturated carbocycles. The lowest BCUT2D eigenvalue weighted by Crippen LogP contribution is -2.32. The van der Waals surface area contributed by atoms with Gasteiger partial charge in [-0.1, -0.05) is 12.8 Å². The van der Waals surface area contributed by atoms with E-state index in [-0.39, 0.29) is 11.2 Å². The van der Waals surface area contributed by atoms with Crippen molar-refractivity contribution in [1.82, 2.24) is 0 Å². The van der Waals surface area contributed by atoms with Crippen molar-refractivity contribution in [3.63, 3.8) is 0 Å². The number of hydrogen-bond acceptors (Lipinski definition) is 2. The first-order valence-corrected chi connectivity index (χ1v) is 5.86. The Labute approximate surface area is 99.8 Å². The molecule has 0 amide bonds. The minimum atomic E-state index is -0.651. The molecule has 1 aromatic rings. The third kappa shape index (κ3) is 2.02. The molecule has 1 aliphatic carbocycles. The Morgan fingerprint density at radius 1 is 1.29 bits per heavy atom. The van der Waals surface area contributed by atoms with Crippen molar-refractivity contribution in [2.45, 2.75) is 31.1 Å². The van der Waals surface area contributed by atoms with E-state index in [0.717, 1.165) is 31.7 Å². The Kier molecular flexibility index (Phi) is 3.33. The van der Waals surface area contributed by atoms with E-state index < -0.39 is 11.6 Å². The van der Waals surface area contributed by atoms with Gasteiger partial charge in [0.25, 0.3) is 0 Å². The van der Waals surface area contributed by atoms with Crippen LogP contribution in [0.4, 0.5) is 8.78 Å². The number of benzene rings is 1. The molecule has 0 heterocycles. The Balaban J connectivity index is 2.56. The maximum absolute atomic E-state index is 13.7. The highest BCUT2D eigenvalue weighted by atomic mass is 19.1. The average Bonchev–Trinajstić information content (AvgIpc) is 2.77. The Hall–Kier alpha value is -1.16. The van der Waals surface area contributed by atoms with Gasteiger partial charge in [0.1, 0.15) is 5.82 Å². The van der Waals surface area contributed by atoms with Gasteiger partial charge in [-0.25, -0.2) is 8.78 Å². The number of rotatable bonds is 3. The highest BCUT2D eigenvalue weighted by Crippen LogP contribution is 2.45. The van der Waals surface area contributed by atoms with Gasteiger partial charge in [-0.15, -0.1) is 0 Å². The first-order valence-electron chi connectivity index (χ1n) is 5.86. The van der Waals surface area contributed by atoms with Crippen molar-refractivity contribution in [2.75, 3.05) is 13.7 Å². The van der Waals surface area contributed by atoms with E-state index in [2.05, 4.69) is 0 Å². The summed E-state index contributed by atoms with van der Waals surface area (Å²) >= 11 is 0. The zero-order chi connectivity index (χ0) is 12.5. The van der Waals surface area contributed by atoms with Crippen molar-refractivity contribution >= 4 is 0 Å². The normalized spacial score (nSPS) is 18.4. The van der Waals surface area contributed by atoms with Crippen molar-refractivity contribution in [1.29, 1.82) is 0 Å². The molecule has 4 heteroatoms. The van der Waals surface area contributed by atoms with Gasteiger partial charge >= 0.3 is 0 Å². The van der Waals surface area contributed by atoms with E-state index in [9.17, 15) is 8.78 Å². The number of methoxy groups -OCH3 is 1. The zero-order valence-electron chi connectivity index (χ0n) is 9.93. The number of ether oxygens (including phenoxy) is 1. The van der Waals surface area contributed by atoms with Gasteiger partial charge in [-0.3, -0.25) is 0 Å². The molecule has 0 spiro atoms. The smallest absolute Gasteiger partial charge is 0.168 e. The molecule has 17 heavy (non-hydrogen) atoms. The fraction of sp³-hybridized carbons (Fsp3) is 0.538. The topological polar surface area (TPSA) is 35.2 Å². The maximum Gasteiger partial charge on any atom is 0.168 e. The van der Waals surface area contributed by atoms with E-state index in [4.69, 9.17) is 10.5 Å². The fourth-order valence-electron chi connectivity index (χ4n) is 2.80. The Morgan fingerprint density at radius 2 is 1.94 bits per heavy atom. The van der Waals surface area contributed by atoms with Crippen molar-refractivity contribution < 1.29 is 13.5 Å². The van der Waals surface area contributed by atoms with Crippen LogP contribution in [-0.4, -0.2) is 13.7 Å². The summed E-state index contributed by atoms with van der Waals surface area (Å²) in [7, 11) is 1.40. The molecule has 2 rings (SSSR count). The zero-order valence-corrected chi connectivity index (χ0v) is 9.93. The van der Waals surface area contributed by atoms with Crippen LogP contribution in [-0.2, 0) is 5.41 Å². The molecule has 0 radical (unpaired) electrons. The molecular weight excluding hydrogens is 224 g/mol. The molecule has 0 bridgehead atoms. The minimum Gasteiger partial charge on any atom is -0.493 e. The third-order valence-corrected chi connectivity index (χ3v) is 3.74. The van der Waals surface area contributed by atoms with Crippen molar-refractivity contribution in [3.8, 4) is 5.75 Å². The second kappa shape index (κ2) is 4.61. The van der Waals surface area contributed by atoms with Crippen LogP contribution < -0.4 is 10.5 Å². The van der Waals surface area contributed by atoms with E-state index in [1.807, 2.05) is 0 Å². The lowest BCUT2D eigenvalue weighted by Gasteiger charge is -2.29. The summed E-state index contributed by atoms with van der Waals surface area (Å²) in [6, 6.07) is 2.21. The second-order valence-electron chi connectivity index (χ2n) is 4.66. The van der Waals surface area contributed by atoms with Gasteiger partial charge < -0.3 is 10.5 Å². The summed E-state index contributed by atoms with van der Waals surface area (Å²) in [5, 5.41) is 0. The molecule has 0 aromatic heterocycles. The number of halogens is 2. The summed E-state index contributed by atoms with van der Waals surface area (Å²) in [6.07, 6.45) is 3.81. The molecule has 94 valence electrons. The largest absolute Gasteiger partial charge is 0.493 e. The quantitative estimate of drug-likeness (QED) is 0.883. The molecule has 1 aliphatic rings. The summed E-state index contributed by atoms with van der Waals surface area (Å²) in [5.41, 5.74) is 6.08. The van der Waals surface area contributed by atoms with E-state index in [0.29, 0.717) is 12.1 Å². The maximum atomic E-state index is 13.7. The Bertz CT molecular complexity index is 414. The fourth-order valence-corrected chi connectivity index (χ4v) is 2.80. The summed E-state index contributed by atoms with van der Waals surface area (Å²) in [6.45, 7) is 0.395. The van der Waals surface area contributed by atoms with Gasteiger partial charge in [-0.2, -0.15) is 0 Å². The van der Waals surface area contributed by atoms with Gasteiger partial charge in [0.15, 0.2) is 11.6 Å². The van der Waals surface area contributed by atoms with Crippen LogP contribution in [0.5, 0.6) is 5.75 Å². The van der Waals surface area contributed by atoms with Crippen molar-refractivity contribution in [2.24, 2.45) is 5.73 Å². The van der Waals surface area contributed by atoms with Crippen molar-refractivity contribution in [3.05, 3.63) is 29.3 Å². The van der Waals surface area contributed by atoms with E-state index >= 15 is 0 Å². The predicted octanol–water partition coefficient (Wildman–Crippen LogP) is 2.74. The lowest BCUT2D eigenvalue weighted by molar-refractivity contribution is 0.352. The lowest BCUT2D eigenvalue weighted by atomic mass is 9.78. The van der Waals surface area contributed by atoms with Crippen LogP contribution >= 0.6 is 0 Å². The molecule has 0 saturated heterocycles. The first kappa shape index (κ1) is 12.3. The highest BCUT2D eigenvalue weighted by Gasteiger charge is 2.37. The average molecular weight is 241 g/mol. The standard InChI is InChI=1S/C13H17F2NO/c1-17-12-10(6-9(14)7-11(12)15)13(8-16)4-2-3-5-13/h6-7H,2-5,8,16H2,1H3. The predicted molar refractivity (Wildman–Crippen MR) is 62.1 cm³/mol. The molecule has 0 aliphatic heterocycles. The molecule has 1 fully saturated rings. The minimum absolute atomic E-state index is 0.138. The van der Waals surface area contributed by atoms with Gasteiger partial charge in [0.2, 0.25) is 0 Å². The molecule has 2 nitrogen and oxygen atoms in total. The number of nitrogens with two attached hydrogens (primary N) is 1. The monoisotopic (exact) mass is 241 g/mol. The summed E-state index contributed by atoms with van der Waals surface area (Å²) < 4.78 is 32.1. The second-order valence-corrected chi connectivity index (χ2v) is 4.66. The molecule has 1 aromatic carbocycles. The van der Waals surface area contributed by atoms with Crippen LogP contribution in [0.25, 0.3) is 0 Å². The molecule has 0 atom stereocenters. The summed E-state index contributed by atoms with van der Waals surface area (Å²) in [5.74, 6) is -1.08. The van der Waals surface area contributed by atoms with E-state index in [1.165, 1.54) is 13.2 Å². The molecule has 0 unspecified atom stereocenters. The third-order valence-electron chi connectivity index (χ3n) is 3.74.